The number of fused-ring (bicyclic) bond motifs is 3. The van der Waals surface area contributed by atoms with E-state index < -0.39 is 177 Å². The number of β-amino-alcohol motifs (C(OH)–C–C–N with tert-alkyl or cyclic N) is 1. The van der Waals surface area contributed by atoms with Gasteiger partial charge in [-0.2, -0.15) is 5.10 Å². The molecule has 3 aromatic carbocycles. The molecule has 31 nitrogen and oxygen atoms in total. The number of aliphatic hydroxyl groups is 6. The zero-order valence-corrected chi connectivity index (χ0v) is 53.4. The third kappa shape index (κ3) is 17.9. The van der Waals surface area contributed by atoms with Gasteiger partial charge in [-0.05, 0) is 67.4 Å². The second kappa shape index (κ2) is 32.5. The van der Waals surface area contributed by atoms with Crippen molar-refractivity contribution in [2.75, 3.05) is 26.2 Å². The normalized spacial score (nSPS) is 24.7. The number of aliphatic hydroxyl groups excluding tert-OH is 6. The van der Waals surface area contributed by atoms with E-state index in [0.717, 1.165) is 59.4 Å². The van der Waals surface area contributed by atoms with E-state index in [9.17, 15) is 79.4 Å². The van der Waals surface area contributed by atoms with E-state index in [1.54, 1.807) is 22.8 Å². The van der Waals surface area contributed by atoms with Crippen LogP contribution in [0.2, 0.25) is 0 Å². The van der Waals surface area contributed by atoms with Gasteiger partial charge in [0, 0.05) is 61.5 Å². The molecule has 486 valence electrons. The van der Waals surface area contributed by atoms with Gasteiger partial charge in [0.25, 0.3) is 18.2 Å². The van der Waals surface area contributed by atoms with Gasteiger partial charge in [0.1, 0.15) is 47.0 Å². The minimum Gasteiger partial charge on any atom is -0.691 e. The monoisotopic (exact) mass is 1320 g/mol. The summed E-state index contributed by atoms with van der Waals surface area (Å²) in [7, 11) is 0. The number of phenols is 1. The topological polar surface area (TPSA) is 461 Å². The summed E-state index contributed by atoms with van der Waals surface area (Å²) in [5, 5.41) is 110. The smallest absolute Gasteiger partial charge is 0.691 e. The van der Waals surface area contributed by atoms with Crippen molar-refractivity contribution in [2.45, 2.75) is 139 Å². The maximum atomic E-state index is 14.7. The Balaban J connectivity index is 0.0000118. The van der Waals surface area contributed by atoms with Crippen molar-refractivity contribution in [3.63, 3.8) is 0 Å². The number of nitrogens with one attached hydrogen (secondary N) is 5. The number of carbonyl (C=O) groups excluding carboxylic acids is 8. The Morgan fingerprint density at radius 3 is 2.19 bits per heavy atom. The van der Waals surface area contributed by atoms with Crippen molar-refractivity contribution < 1.29 is 127 Å². The minimum absolute atomic E-state index is 0. The number of hydrogen-bond acceptors (Lipinski definition) is 24. The van der Waals surface area contributed by atoms with E-state index in [0.29, 0.717) is 27.8 Å². The number of phenolic OH excluding ortho intramolecular Hbond substituents is 1. The SMILES string of the molecule is CCCCCOc1ccc(-c2nn3cc(-c4ccc(C(=O)N[C@H]5CC(O)CNC(=O)C6C(O)C(C)CN6C(=O)C(C(O)CC(N)=O)NC(=O)C(C(O)Cc6ccc(O)c(OSOO[O-])c6)NC(=O)C6CC(O)CN6C(=O)C(C(C)O)NC5=O)cc4)nc3s2)cc1.[Na+]. The molecule has 91 heavy (non-hydrogen) atoms. The average molecular weight is 1320 g/mol. The quantitative estimate of drug-likeness (QED) is 0.0114. The second-order valence-electron chi connectivity index (χ2n) is 22.2. The van der Waals surface area contributed by atoms with Crippen LogP contribution in [0.25, 0.3) is 26.8 Å². The minimum atomic E-state index is -2.22. The molecule has 3 fully saturated rings. The van der Waals surface area contributed by atoms with Crippen LogP contribution in [0.15, 0.2) is 72.9 Å². The number of primary amides is 1. The van der Waals surface area contributed by atoms with Crippen molar-refractivity contribution >= 4 is 75.9 Å². The molecule has 0 aliphatic carbocycles. The number of hydrogen-bond donors (Lipinski definition) is 13. The zero-order chi connectivity index (χ0) is 65.1. The maximum Gasteiger partial charge on any atom is 1.00 e. The molecule has 3 saturated heterocycles. The molecular formula is C57H70N11NaO20S2. The van der Waals surface area contributed by atoms with Crippen molar-refractivity contribution in [3.05, 3.63) is 84.1 Å². The summed E-state index contributed by atoms with van der Waals surface area (Å²) in [5.74, 6) is -10.4. The van der Waals surface area contributed by atoms with Crippen LogP contribution in [0, 0.1) is 5.92 Å². The summed E-state index contributed by atoms with van der Waals surface area (Å²) < 4.78 is 16.6. The predicted octanol–water partition coefficient (Wildman–Crippen LogP) is -5.61. The van der Waals surface area contributed by atoms with Crippen molar-refractivity contribution in [1.82, 2.24) is 51.0 Å². The molecule has 0 saturated carbocycles. The Hall–Kier alpha value is -7.09. The van der Waals surface area contributed by atoms with Crippen molar-refractivity contribution in [1.29, 1.82) is 0 Å². The van der Waals surface area contributed by atoms with E-state index in [1.807, 2.05) is 24.3 Å². The predicted molar refractivity (Wildman–Crippen MR) is 314 cm³/mol. The Kier molecular flexibility index (Phi) is 25.5. The van der Waals surface area contributed by atoms with Gasteiger partial charge in [-0.3, -0.25) is 43.4 Å². The van der Waals surface area contributed by atoms with Crippen LogP contribution in [0.1, 0.15) is 75.2 Å². The third-order valence-electron chi connectivity index (χ3n) is 15.4. The standard InChI is InChI=1S/C57H71N11O20S2.Na/c1-4-5-6-17-85-35-14-12-32(13-15-35)54-65-68-26-37(61-57(68)89-54)30-8-10-31(11-9-30)49(77)60-36-20-33(70)23-59-53(81)47-48(76)27(2)24-67(47)56(83)46(41(74)22-43(58)75)64-52(80)45(40(73)18-29-7-16-39(72)42(19-29)86-90-88-87-84)63-51(79)38-21-34(71)25-66(38)55(82)44(28(3)69)62-50(36)78;/h7-16,19,26-28,33-34,36,38,40-41,44-48,69-74,76,84H,4-6,17-18,20-25H2,1-3H3,(H2,58,75)(H,59,81)(H,60,77)(H,62,78)(H,63,79)(H,64,80);/q;+1/p-1/t27?,28?,33?,34?,36-,38?,40?,41?,44?,45?,46?,47?,48?;/m0./s1. The summed E-state index contributed by atoms with van der Waals surface area (Å²) in [5.41, 5.74) is 7.44. The van der Waals surface area contributed by atoms with Crippen molar-refractivity contribution in [3.8, 4) is 39.1 Å². The molecule has 12 unspecified atom stereocenters. The molecule has 8 amide bonds. The first-order valence-corrected chi connectivity index (χ1v) is 30.2. The van der Waals surface area contributed by atoms with E-state index >= 15 is 0 Å². The van der Waals surface area contributed by atoms with E-state index in [4.69, 9.17) is 24.7 Å². The number of nitrogens with zero attached hydrogens (tertiary/aromatic N) is 5. The maximum absolute atomic E-state index is 14.7. The Morgan fingerprint density at radius 2 is 1.52 bits per heavy atom. The fourth-order valence-corrected chi connectivity index (χ4v) is 11.8. The summed E-state index contributed by atoms with van der Waals surface area (Å²) in [6, 6.07) is 5.40. The molecule has 5 heterocycles. The molecule has 14 N–H and O–H groups in total. The van der Waals surface area contributed by atoms with Crippen LogP contribution in [-0.2, 0) is 49.4 Å². The molecule has 3 aliphatic rings. The number of carbonyl (C=O) groups is 8. The molecule has 2 aromatic heterocycles. The summed E-state index contributed by atoms with van der Waals surface area (Å²) in [6.07, 6.45) is -8.84. The van der Waals surface area contributed by atoms with Crippen LogP contribution in [-0.4, -0.2) is 207 Å². The number of imidazole rings is 1. The summed E-state index contributed by atoms with van der Waals surface area (Å²) >= 11 is 1.35. The molecule has 13 atom stereocenters. The van der Waals surface area contributed by atoms with Crippen LogP contribution in [0.5, 0.6) is 17.2 Å². The van der Waals surface area contributed by atoms with Crippen LogP contribution in [0.4, 0.5) is 0 Å². The fourth-order valence-electron chi connectivity index (χ4n) is 10.6. The Morgan fingerprint density at radius 1 is 0.835 bits per heavy atom. The second-order valence-corrected chi connectivity index (χ2v) is 23.6. The number of unbranched alkanes of at least 4 members (excludes halogenated alkanes) is 2. The Labute approximate surface area is 550 Å². The van der Waals surface area contributed by atoms with Gasteiger partial charge >= 0.3 is 29.6 Å². The number of benzene rings is 3. The molecule has 8 rings (SSSR count). The third-order valence-corrected chi connectivity index (χ3v) is 16.7. The van der Waals surface area contributed by atoms with Gasteiger partial charge in [-0.1, -0.05) is 56.2 Å². The largest absolute Gasteiger partial charge is 1.00 e. The van der Waals surface area contributed by atoms with E-state index in [-0.39, 0.29) is 58.8 Å². The van der Waals surface area contributed by atoms with Crippen LogP contribution in [0.3, 0.4) is 0 Å². The van der Waals surface area contributed by atoms with E-state index in [1.165, 1.54) is 36.5 Å². The molecule has 3 aliphatic heterocycles. The Bertz CT molecular complexity index is 3350. The zero-order valence-electron chi connectivity index (χ0n) is 49.8. The number of rotatable bonds is 20. The first kappa shape index (κ1) is 71.4. The van der Waals surface area contributed by atoms with Crippen LogP contribution < -0.4 is 76.1 Å². The number of amides is 8. The summed E-state index contributed by atoms with van der Waals surface area (Å²) in [6.45, 7) is 3.59. The van der Waals surface area contributed by atoms with Gasteiger partial charge in [-0.25, -0.2) is 9.50 Å². The first-order chi connectivity index (χ1) is 42.9. The van der Waals surface area contributed by atoms with Gasteiger partial charge in [0.05, 0.1) is 61.5 Å². The molecule has 5 aromatic rings. The molecule has 0 radical (unpaired) electrons. The van der Waals surface area contributed by atoms with Gasteiger partial charge in [0.2, 0.25) is 46.3 Å². The number of ether oxygens (including phenoxy) is 1. The number of nitrogens with two attached hydrogens (primary N) is 1. The van der Waals surface area contributed by atoms with Gasteiger partial charge in [-0.15, -0.1) is 4.33 Å². The number of aromatic hydroxyl groups is 1. The van der Waals surface area contributed by atoms with Crippen molar-refractivity contribution in [2.24, 2.45) is 11.7 Å². The first-order valence-electron chi connectivity index (χ1n) is 28.7. The molecule has 0 bridgehead atoms. The fraction of sp³-hybridized carbons (Fsp3) is 0.474. The number of aromatic nitrogens is 3. The molecule has 34 heteroatoms. The average Bonchev–Trinajstić information content (AvgIpc) is 1.76. The van der Waals surface area contributed by atoms with Gasteiger partial charge < -0.3 is 92.0 Å². The molecular weight excluding hydrogens is 1250 g/mol. The van der Waals surface area contributed by atoms with Crippen LogP contribution >= 0.6 is 23.7 Å². The van der Waals surface area contributed by atoms with E-state index in [2.05, 4.69) is 42.9 Å². The van der Waals surface area contributed by atoms with Gasteiger partial charge in [0.15, 0.2) is 11.5 Å². The molecule has 0 spiro atoms. The summed E-state index contributed by atoms with van der Waals surface area (Å²) in [4.78, 5) is 120.